The monoisotopic (exact) mass is 1630 g/mol. The van der Waals surface area contributed by atoms with Crippen LogP contribution in [-0.2, 0) is 0 Å². The van der Waals surface area contributed by atoms with Crippen LogP contribution in [0.5, 0.6) is 0 Å². The number of nitrogens with zero attached hydrogens (tertiary/aromatic N) is 5. The third-order valence-corrected chi connectivity index (χ3v) is 22.2. The van der Waals surface area contributed by atoms with Gasteiger partial charge in [-0.25, -0.2) is 0 Å². The molecule has 3 N–H and O–H groups in total. The van der Waals surface area contributed by atoms with Gasteiger partial charge in [-0.05, 0) is 243 Å². The van der Waals surface area contributed by atoms with Crippen molar-refractivity contribution in [3.8, 4) is 50.4 Å². The summed E-state index contributed by atoms with van der Waals surface area (Å²) in [5.74, 6) is 0. The lowest BCUT2D eigenvalue weighted by atomic mass is 9.80. The summed E-state index contributed by atoms with van der Waals surface area (Å²) in [5, 5.41) is 30.0. The summed E-state index contributed by atoms with van der Waals surface area (Å²) < 4.78 is 8.18. The van der Waals surface area contributed by atoms with Gasteiger partial charge in [-0.2, -0.15) is 0 Å². The smallest absolute Gasteiger partial charge is 0.423 e. The van der Waals surface area contributed by atoms with Gasteiger partial charge in [-0.15, -0.1) is 0 Å². The third-order valence-electron chi connectivity index (χ3n) is 21.5. The standard InChI is InChI=1S/C36H29N3.C24H18BNO2.C24H16IN.C24H17N/c1-5-13-31(14-6-1)38(32-15-7-2-8-16-32)35-25-21-29(22-26-35)37-30-23-27-36(28-24-30)39(33-17-9-3-10-18-33)34-19-11-4-12-20-34;27-25(28)19-12-15-24-22(16-19)21-8-4-5-9-23(21)26(24)20-13-10-18(11-14-20)17-6-2-1-3-7-17;25-19-12-15-24-22(16-19)21-8-4-5-9-23(21)26(24)20-13-10-18(11-14-20)17-6-2-1-3-7-17;1-2-8-18(9-3-1)19-14-16-20(17-15-19)25-23-12-6-4-10-21(23)22-11-5-7-13-24(22)25/h1-28,37H;1-16,27-28H;1-16H;1-17H. The minimum Gasteiger partial charge on any atom is -0.423 e. The van der Waals surface area contributed by atoms with E-state index in [1.807, 2.05) is 66.7 Å². The van der Waals surface area contributed by atoms with Crippen molar-refractivity contribution in [2.24, 2.45) is 0 Å². The van der Waals surface area contributed by atoms with Gasteiger partial charge in [0.25, 0.3) is 0 Å². The van der Waals surface area contributed by atoms with Crippen molar-refractivity contribution < 1.29 is 10.0 Å². The summed E-state index contributed by atoms with van der Waals surface area (Å²) in [5.41, 5.74) is 27.2. The second kappa shape index (κ2) is 34.7. The Bertz CT molecular complexity index is 6680. The molecule has 8 nitrogen and oxygen atoms in total. The highest BCUT2D eigenvalue weighted by Gasteiger charge is 2.20. The Morgan fingerprint density at radius 1 is 0.212 bits per heavy atom. The van der Waals surface area contributed by atoms with Crippen LogP contribution in [0.15, 0.2) is 467 Å². The minimum atomic E-state index is -1.48. The molecule has 10 heteroatoms. The largest absolute Gasteiger partial charge is 0.488 e. The molecule has 0 bridgehead atoms. The summed E-state index contributed by atoms with van der Waals surface area (Å²) >= 11 is 2.39. The highest BCUT2D eigenvalue weighted by molar-refractivity contribution is 14.1. The maximum absolute atomic E-state index is 9.57. The van der Waals surface area contributed by atoms with Crippen LogP contribution < -0.4 is 20.6 Å². The van der Waals surface area contributed by atoms with Gasteiger partial charge in [0.1, 0.15) is 0 Å². The second-order valence-corrected chi connectivity index (χ2v) is 30.1. The van der Waals surface area contributed by atoms with Gasteiger partial charge in [0, 0.05) is 98.4 Å². The third kappa shape index (κ3) is 15.9. The van der Waals surface area contributed by atoms with Crippen LogP contribution in [-0.4, -0.2) is 30.9 Å². The Balaban J connectivity index is 0.000000110. The van der Waals surface area contributed by atoms with Crippen molar-refractivity contribution in [1.29, 1.82) is 0 Å². The molecule has 118 heavy (non-hydrogen) atoms. The van der Waals surface area contributed by atoms with Crippen LogP contribution in [0.3, 0.4) is 0 Å². The van der Waals surface area contributed by atoms with E-state index < -0.39 is 7.12 Å². The van der Waals surface area contributed by atoms with Crippen LogP contribution in [0.2, 0.25) is 0 Å². The molecule has 0 atom stereocenters. The maximum Gasteiger partial charge on any atom is 0.488 e. The zero-order valence-electron chi connectivity index (χ0n) is 64.5. The number of anilines is 8. The maximum atomic E-state index is 9.57. The lowest BCUT2D eigenvalue weighted by Gasteiger charge is -2.26. The average Bonchev–Trinajstić information content (AvgIpc) is 1.61. The number of fused-ring (bicyclic) bond motifs is 9. The van der Waals surface area contributed by atoms with Crippen molar-refractivity contribution in [3.05, 3.63) is 471 Å². The zero-order chi connectivity index (χ0) is 79.5. The topological polar surface area (TPSA) is 73.8 Å². The number of hydrogen-bond acceptors (Lipinski definition) is 5. The molecule has 0 aliphatic rings. The number of benzene rings is 18. The molecule has 0 aliphatic heterocycles. The Labute approximate surface area is 700 Å². The van der Waals surface area contributed by atoms with Gasteiger partial charge in [-0.1, -0.05) is 285 Å². The Morgan fingerprint density at radius 3 is 0.754 bits per heavy atom. The SMILES string of the molecule is Ic1ccc2c(c1)c1ccccc1n2-c1ccc(-c2ccccc2)cc1.OB(O)c1ccc2c(c1)c1ccccc1n2-c1ccc(-c2ccccc2)cc1.c1ccc(-c2ccc(-n3c4ccccc4c4ccccc43)cc2)cc1.c1ccc(N(c2ccccc2)c2ccc(Nc3ccc(N(c4ccccc4)c4ccccc4)cc3)cc2)cc1. The molecule has 564 valence electrons. The fourth-order valence-corrected chi connectivity index (χ4v) is 16.4. The molecule has 21 rings (SSSR count). The predicted octanol–water partition coefficient (Wildman–Crippen LogP) is 28.0. The molecule has 0 unspecified atom stereocenters. The van der Waals surface area contributed by atoms with Gasteiger partial charge < -0.3 is 38.9 Å². The number of para-hydroxylation sites is 8. The number of aromatic nitrogens is 3. The summed E-state index contributed by atoms with van der Waals surface area (Å²) in [4.78, 5) is 4.53. The van der Waals surface area contributed by atoms with E-state index in [1.54, 1.807) is 6.07 Å². The first-order valence-electron chi connectivity index (χ1n) is 39.6. The van der Waals surface area contributed by atoms with Gasteiger partial charge in [0.2, 0.25) is 0 Å². The molecule has 18 aromatic carbocycles. The van der Waals surface area contributed by atoms with E-state index in [2.05, 4.69) is 446 Å². The quantitative estimate of drug-likeness (QED) is 0.0705. The first kappa shape index (κ1) is 74.9. The second-order valence-electron chi connectivity index (χ2n) is 28.9. The number of rotatable bonds is 15. The lowest BCUT2D eigenvalue weighted by molar-refractivity contribution is 0.426. The molecule has 0 saturated heterocycles. The summed E-state index contributed by atoms with van der Waals surface area (Å²) in [6.45, 7) is 0. The predicted molar refractivity (Wildman–Crippen MR) is 507 cm³/mol. The highest BCUT2D eigenvalue weighted by atomic mass is 127. The molecule has 0 saturated carbocycles. The molecule has 0 fully saturated rings. The first-order valence-corrected chi connectivity index (χ1v) is 40.7. The van der Waals surface area contributed by atoms with Crippen LogP contribution in [0.25, 0.3) is 116 Å². The van der Waals surface area contributed by atoms with Crippen molar-refractivity contribution in [2.75, 3.05) is 15.1 Å². The normalized spacial score (nSPS) is 11.0. The van der Waals surface area contributed by atoms with E-state index in [-0.39, 0.29) is 0 Å². The molecule has 21 aromatic rings. The van der Waals surface area contributed by atoms with Gasteiger partial charge in [-0.3, -0.25) is 0 Å². The molecule has 3 aromatic heterocycles. The fraction of sp³-hybridized carbons (Fsp3) is 0. The number of nitrogens with one attached hydrogen (secondary N) is 1. The van der Waals surface area contributed by atoms with E-state index in [9.17, 15) is 10.0 Å². The van der Waals surface area contributed by atoms with Crippen molar-refractivity contribution in [1.82, 2.24) is 13.7 Å². The Hall–Kier alpha value is -14.5. The molecule has 0 amide bonds. The molecule has 0 aliphatic carbocycles. The number of halogens is 1. The van der Waals surface area contributed by atoms with Gasteiger partial charge in [0.15, 0.2) is 0 Å². The van der Waals surface area contributed by atoms with Crippen molar-refractivity contribution in [3.63, 3.8) is 0 Å². The summed E-state index contributed by atoms with van der Waals surface area (Å²) in [7, 11) is -1.48. The van der Waals surface area contributed by atoms with E-state index in [0.717, 1.165) is 73.0 Å². The van der Waals surface area contributed by atoms with Crippen molar-refractivity contribution >= 4 is 146 Å². The molecule has 0 radical (unpaired) electrons. The summed E-state index contributed by atoms with van der Waals surface area (Å²) in [6.07, 6.45) is 0. The van der Waals surface area contributed by atoms with Crippen LogP contribution in [0.4, 0.5) is 45.5 Å². The molecule has 3 heterocycles. The first-order chi connectivity index (χ1) is 58.3. The zero-order valence-corrected chi connectivity index (χ0v) is 66.7. The highest BCUT2D eigenvalue weighted by Crippen LogP contribution is 2.41. The Kier molecular flexibility index (Phi) is 22.0. The minimum absolute atomic E-state index is 0.495. The van der Waals surface area contributed by atoms with Crippen LogP contribution >= 0.6 is 22.6 Å². The van der Waals surface area contributed by atoms with E-state index in [0.29, 0.717) is 5.46 Å². The summed E-state index contributed by atoms with van der Waals surface area (Å²) in [6, 6.07) is 163. The van der Waals surface area contributed by atoms with Crippen LogP contribution in [0, 0.1) is 3.57 Å². The fourth-order valence-electron chi connectivity index (χ4n) is 15.9. The number of hydrogen-bond donors (Lipinski definition) is 3. The van der Waals surface area contributed by atoms with E-state index in [1.165, 1.54) is 91.9 Å². The van der Waals surface area contributed by atoms with E-state index in [4.69, 9.17) is 0 Å². The average molecular weight is 1630 g/mol. The molecular formula is C108H80BIN6O2. The van der Waals surface area contributed by atoms with Crippen molar-refractivity contribution in [2.45, 2.75) is 0 Å². The Morgan fingerprint density at radius 2 is 0.449 bits per heavy atom. The lowest BCUT2D eigenvalue weighted by Crippen LogP contribution is -2.29. The van der Waals surface area contributed by atoms with Gasteiger partial charge >= 0.3 is 7.12 Å². The van der Waals surface area contributed by atoms with E-state index >= 15 is 0 Å². The molecular weight excluding hydrogens is 1550 g/mol. The molecule has 0 spiro atoms. The van der Waals surface area contributed by atoms with Gasteiger partial charge in [0.05, 0.1) is 33.1 Å². The van der Waals surface area contributed by atoms with Crippen LogP contribution in [0.1, 0.15) is 0 Å².